The summed E-state index contributed by atoms with van der Waals surface area (Å²) < 4.78 is 58.8. The number of aliphatic hydroxyl groups excluding tert-OH is 3. The maximum Gasteiger partial charge on any atom is 0.397 e. The Kier molecular flexibility index (Phi) is 31.4. The number of esters is 1. The molecule has 1 aliphatic heterocycles. The fraction of sp³-hybridized carbons (Fsp3) is 0.651. The van der Waals surface area contributed by atoms with E-state index in [-0.39, 0.29) is 19.6 Å². The molecule has 0 aromatic carbocycles. The van der Waals surface area contributed by atoms with Gasteiger partial charge in [0, 0.05) is 13.0 Å². The van der Waals surface area contributed by atoms with Crippen LogP contribution in [0.4, 0.5) is 0 Å². The molecule has 0 amide bonds. The largest absolute Gasteiger partial charge is 0.457 e. The molecular formula is C43H70O12S. The number of hydrogen-bond acceptors (Lipinski definition) is 11. The topological polar surface area (TPSA) is 178 Å². The van der Waals surface area contributed by atoms with Crippen molar-refractivity contribution in [2.24, 2.45) is 0 Å². The van der Waals surface area contributed by atoms with Gasteiger partial charge in [-0.3, -0.25) is 9.35 Å². The fourth-order valence-electron chi connectivity index (χ4n) is 5.50. The highest BCUT2D eigenvalue weighted by molar-refractivity contribution is 7.80. The summed E-state index contributed by atoms with van der Waals surface area (Å²) in [5.41, 5.74) is 0. The van der Waals surface area contributed by atoms with Crippen molar-refractivity contribution in [2.45, 2.75) is 153 Å². The molecule has 56 heavy (non-hydrogen) atoms. The minimum absolute atomic E-state index is 0.00342. The summed E-state index contributed by atoms with van der Waals surface area (Å²) in [7, 11) is -5.07. The number of hydrogen-bond donors (Lipinski definition) is 4. The van der Waals surface area contributed by atoms with E-state index in [1.807, 2.05) is 0 Å². The molecular weight excluding hydrogens is 741 g/mol. The highest BCUT2D eigenvalue weighted by Crippen LogP contribution is 2.26. The van der Waals surface area contributed by atoms with Crippen LogP contribution < -0.4 is 0 Å². The summed E-state index contributed by atoms with van der Waals surface area (Å²) in [5.74, 6) is -0.445. The third-order valence-corrected chi connectivity index (χ3v) is 8.98. The quantitative estimate of drug-likeness (QED) is 0.0220. The van der Waals surface area contributed by atoms with Gasteiger partial charge in [-0.25, -0.2) is 4.18 Å². The first-order valence-electron chi connectivity index (χ1n) is 20.3. The zero-order valence-electron chi connectivity index (χ0n) is 33.7. The molecule has 0 radical (unpaired) electrons. The monoisotopic (exact) mass is 810 g/mol. The Balaban J connectivity index is 2.54. The molecule has 1 rings (SSSR count). The molecule has 0 aromatic rings. The average molecular weight is 811 g/mol. The molecule has 0 spiro atoms. The van der Waals surface area contributed by atoms with E-state index in [4.69, 9.17) is 23.5 Å². The summed E-state index contributed by atoms with van der Waals surface area (Å²) in [5, 5.41) is 30.6. The van der Waals surface area contributed by atoms with Crippen LogP contribution in [0.25, 0.3) is 0 Å². The molecule has 0 bridgehead atoms. The predicted octanol–water partition coefficient (Wildman–Crippen LogP) is 7.73. The lowest BCUT2D eigenvalue weighted by Gasteiger charge is -2.41. The van der Waals surface area contributed by atoms with Gasteiger partial charge >= 0.3 is 16.4 Å². The van der Waals surface area contributed by atoms with Crippen molar-refractivity contribution < 1.29 is 56.2 Å². The van der Waals surface area contributed by atoms with Gasteiger partial charge in [0.1, 0.15) is 30.5 Å². The van der Waals surface area contributed by atoms with Gasteiger partial charge in [0.25, 0.3) is 0 Å². The van der Waals surface area contributed by atoms with Crippen LogP contribution in [-0.2, 0) is 38.3 Å². The van der Waals surface area contributed by atoms with Crippen molar-refractivity contribution in [3.8, 4) is 0 Å². The zero-order chi connectivity index (χ0) is 41.1. The Bertz CT molecular complexity index is 1300. The Labute approximate surface area is 336 Å². The van der Waals surface area contributed by atoms with E-state index in [0.717, 1.165) is 89.9 Å². The molecule has 6 unspecified atom stereocenters. The number of carbonyl (C=O) groups is 1. The second-order valence-corrected chi connectivity index (χ2v) is 14.5. The van der Waals surface area contributed by atoms with Crippen LogP contribution in [0.1, 0.15) is 117 Å². The smallest absolute Gasteiger partial charge is 0.397 e. The summed E-state index contributed by atoms with van der Waals surface area (Å²) in [6, 6.07) is 0. The molecule has 6 atom stereocenters. The normalized spacial score (nSPS) is 21.7. The molecule has 1 saturated heterocycles. The molecule has 12 nitrogen and oxygen atoms in total. The second kappa shape index (κ2) is 34.3. The summed E-state index contributed by atoms with van der Waals surface area (Å²) >= 11 is 0. The van der Waals surface area contributed by atoms with E-state index in [1.165, 1.54) is 0 Å². The molecule has 0 aromatic heterocycles. The minimum Gasteiger partial charge on any atom is -0.457 e. The van der Waals surface area contributed by atoms with Crippen LogP contribution in [0.3, 0.4) is 0 Å². The van der Waals surface area contributed by atoms with Gasteiger partial charge in [-0.05, 0) is 83.5 Å². The van der Waals surface area contributed by atoms with E-state index in [0.29, 0.717) is 13.0 Å². The molecule has 0 saturated carbocycles. The Hall–Kier alpha value is -2.72. The molecule has 0 aliphatic carbocycles. The summed E-state index contributed by atoms with van der Waals surface area (Å²) in [6.45, 7) is 3.60. The molecule has 4 N–H and O–H groups in total. The average Bonchev–Trinajstić information content (AvgIpc) is 3.17. The predicted molar refractivity (Wildman–Crippen MR) is 220 cm³/mol. The molecule has 1 fully saturated rings. The van der Waals surface area contributed by atoms with Crippen molar-refractivity contribution in [1.82, 2.24) is 0 Å². The lowest BCUT2D eigenvalue weighted by molar-refractivity contribution is -0.301. The van der Waals surface area contributed by atoms with Crippen LogP contribution >= 0.6 is 0 Å². The number of aliphatic hydroxyl groups is 3. The van der Waals surface area contributed by atoms with Crippen LogP contribution in [0.15, 0.2) is 85.1 Å². The first kappa shape index (κ1) is 51.3. The van der Waals surface area contributed by atoms with Gasteiger partial charge in [0.05, 0.1) is 19.8 Å². The van der Waals surface area contributed by atoms with Crippen molar-refractivity contribution in [3.63, 3.8) is 0 Å². The number of ether oxygens (including phenoxy) is 4. The van der Waals surface area contributed by atoms with E-state index >= 15 is 0 Å². The van der Waals surface area contributed by atoms with E-state index in [2.05, 4.69) is 103 Å². The van der Waals surface area contributed by atoms with Crippen LogP contribution in [0, 0.1) is 0 Å². The van der Waals surface area contributed by atoms with Gasteiger partial charge < -0.3 is 34.3 Å². The summed E-state index contributed by atoms with van der Waals surface area (Å²) in [6.07, 6.45) is 34.9. The lowest BCUT2D eigenvalue weighted by atomic mass is 9.99. The first-order chi connectivity index (χ1) is 27.1. The maximum absolute atomic E-state index is 12.8. The van der Waals surface area contributed by atoms with Gasteiger partial charge in [-0.1, -0.05) is 112 Å². The molecule has 13 heteroatoms. The fourth-order valence-corrected chi connectivity index (χ4v) is 6.01. The maximum atomic E-state index is 12.8. The highest BCUT2D eigenvalue weighted by atomic mass is 32.3. The third-order valence-electron chi connectivity index (χ3n) is 8.51. The number of rotatable bonds is 33. The van der Waals surface area contributed by atoms with Gasteiger partial charge in [-0.2, -0.15) is 8.42 Å². The molecule has 1 heterocycles. The van der Waals surface area contributed by atoms with Crippen molar-refractivity contribution >= 4 is 16.4 Å². The lowest BCUT2D eigenvalue weighted by Crippen LogP contribution is -2.60. The third kappa shape index (κ3) is 27.8. The second-order valence-electron chi connectivity index (χ2n) is 13.5. The van der Waals surface area contributed by atoms with E-state index in [9.17, 15) is 28.5 Å². The summed E-state index contributed by atoms with van der Waals surface area (Å²) in [4.78, 5) is 12.8. The number of carbonyl (C=O) groups excluding carboxylic acids is 1. The Morgan fingerprint density at radius 1 is 0.679 bits per heavy atom. The van der Waals surface area contributed by atoms with Crippen molar-refractivity contribution in [3.05, 3.63) is 85.1 Å². The Morgan fingerprint density at radius 3 is 1.68 bits per heavy atom. The van der Waals surface area contributed by atoms with Crippen LogP contribution in [-0.4, -0.2) is 97.5 Å². The van der Waals surface area contributed by atoms with Gasteiger partial charge in [-0.15, -0.1) is 0 Å². The minimum atomic E-state index is -5.07. The van der Waals surface area contributed by atoms with Gasteiger partial charge in [0.15, 0.2) is 6.29 Å². The van der Waals surface area contributed by atoms with Crippen molar-refractivity contribution in [1.29, 1.82) is 0 Å². The highest BCUT2D eigenvalue weighted by Gasteiger charge is 2.48. The molecule has 1 aliphatic rings. The SMILES string of the molecule is CC/C=C\C/C=C\C/C=C\C/C=C\CCCCCOCC(COC1OC(CO)C(O)C(OS(=O)(=O)O)C1O)OC(=O)CCCCC/C=C\C/C=C\C/C=C\CC. The molecule has 320 valence electrons. The zero-order valence-corrected chi connectivity index (χ0v) is 34.5. The number of unbranched alkanes of at least 4 members (excludes halogenated alkanes) is 6. The number of allylic oxidation sites excluding steroid dienone is 14. The Morgan fingerprint density at radius 2 is 1.18 bits per heavy atom. The van der Waals surface area contributed by atoms with Crippen LogP contribution in [0.5, 0.6) is 0 Å². The van der Waals surface area contributed by atoms with E-state index < -0.39 is 59.8 Å². The van der Waals surface area contributed by atoms with Crippen molar-refractivity contribution in [2.75, 3.05) is 26.4 Å². The van der Waals surface area contributed by atoms with Gasteiger partial charge in [0.2, 0.25) is 0 Å². The first-order valence-corrected chi connectivity index (χ1v) is 21.7. The standard InChI is InChI=1S/C43H70O12S/c1-3-5-7-9-11-13-15-17-18-19-21-23-25-27-29-31-33-51-35-37(36-52-43-41(47)42(55-56(48,49)50)40(46)38(34-44)54-43)53-39(45)32-30-28-26-24-22-20-16-14-12-10-8-6-4-2/h5-8,11-14,17-18,20-23,37-38,40-44,46-47H,3-4,9-10,15-16,19,24-36H2,1-2H3,(H,48,49,50)/b7-5-,8-6-,13-11-,14-12-,18-17-,22-20-,23-21-. The van der Waals surface area contributed by atoms with E-state index in [1.54, 1.807) is 0 Å². The van der Waals surface area contributed by atoms with Crippen LogP contribution in [0.2, 0.25) is 0 Å².